The highest BCUT2D eigenvalue weighted by Crippen LogP contribution is 2.27. The molecule has 1 saturated carbocycles. The van der Waals surface area contributed by atoms with Crippen LogP contribution in [-0.2, 0) is 10.0 Å². The lowest BCUT2D eigenvalue weighted by Gasteiger charge is -2.21. The average molecular weight is 431 g/mol. The molecule has 0 bridgehead atoms. The Morgan fingerprint density at radius 2 is 1.87 bits per heavy atom. The van der Waals surface area contributed by atoms with E-state index in [2.05, 4.69) is 25.3 Å². The van der Waals surface area contributed by atoms with Crippen LogP contribution in [0.15, 0.2) is 35.5 Å². The number of H-pyrrole nitrogens is 1. The minimum atomic E-state index is -3.47. The van der Waals surface area contributed by atoms with Crippen molar-refractivity contribution < 1.29 is 13.2 Å². The molecule has 2 N–H and O–H groups in total. The molecule has 1 aromatic carbocycles. The molecule has 0 radical (unpaired) electrons. The molecule has 0 aliphatic heterocycles. The summed E-state index contributed by atoms with van der Waals surface area (Å²) in [6.07, 6.45) is 7.75. The molecule has 3 aromatic rings. The van der Waals surface area contributed by atoms with Gasteiger partial charge in [0.1, 0.15) is 5.52 Å². The zero-order valence-corrected chi connectivity index (χ0v) is 17.9. The predicted octanol–water partition coefficient (Wildman–Crippen LogP) is 3.31. The average Bonchev–Trinajstić information content (AvgIpc) is 3.22. The maximum absolute atomic E-state index is 12.2. The number of imidazole rings is 1. The van der Waals surface area contributed by atoms with E-state index >= 15 is 0 Å². The molecule has 160 valence electrons. The van der Waals surface area contributed by atoms with Gasteiger partial charge in [-0.3, -0.25) is 0 Å². The molecule has 1 fully saturated rings. The number of anilines is 2. The molecule has 0 spiro atoms. The van der Waals surface area contributed by atoms with E-state index in [-0.39, 0.29) is 4.90 Å². The lowest BCUT2D eigenvalue weighted by atomic mass is 9.90. The number of hydrogen-bond acceptors (Lipinski definition) is 7. The predicted molar refractivity (Wildman–Crippen MR) is 114 cm³/mol. The minimum absolute atomic E-state index is 0.221. The Kier molecular flexibility index (Phi) is 5.87. The maximum atomic E-state index is 12.2. The van der Waals surface area contributed by atoms with E-state index in [1.54, 1.807) is 30.6 Å². The summed E-state index contributed by atoms with van der Waals surface area (Å²) >= 11 is 0. The Morgan fingerprint density at radius 3 is 2.57 bits per heavy atom. The van der Waals surface area contributed by atoms with Gasteiger partial charge in [0.25, 0.3) is 0 Å². The third-order valence-electron chi connectivity index (χ3n) is 5.32. The maximum Gasteiger partial charge on any atom is 0.245 e. The molecule has 0 atom stereocenters. The van der Waals surface area contributed by atoms with Crippen LogP contribution in [0.5, 0.6) is 5.88 Å². The second-order valence-corrected chi connectivity index (χ2v) is 9.86. The molecule has 1 aliphatic carbocycles. The number of benzene rings is 1. The van der Waals surface area contributed by atoms with Crippen LogP contribution in [0.4, 0.5) is 11.6 Å². The van der Waals surface area contributed by atoms with Crippen LogP contribution in [0.25, 0.3) is 11.2 Å². The molecule has 0 saturated heterocycles. The van der Waals surface area contributed by atoms with Gasteiger partial charge >= 0.3 is 0 Å². The lowest BCUT2D eigenvalue weighted by Crippen LogP contribution is -2.22. The van der Waals surface area contributed by atoms with Gasteiger partial charge in [-0.25, -0.2) is 17.7 Å². The van der Waals surface area contributed by atoms with Gasteiger partial charge in [-0.2, -0.15) is 9.97 Å². The van der Waals surface area contributed by atoms with Crippen molar-refractivity contribution in [2.75, 3.05) is 26.0 Å². The molecule has 0 amide bonds. The quantitative estimate of drug-likeness (QED) is 0.591. The summed E-state index contributed by atoms with van der Waals surface area (Å²) in [4.78, 5) is 16.4. The van der Waals surface area contributed by atoms with Gasteiger partial charge in [-0.05, 0) is 43.0 Å². The van der Waals surface area contributed by atoms with E-state index in [0.29, 0.717) is 41.2 Å². The molecule has 0 unspecified atom stereocenters. The Morgan fingerprint density at radius 1 is 1.13 bits per heavy atom. The normalized spacial score (nSPS) is 15.6. The highest BCUT2D eigenvalue weighted by molar-refractivity contribution is 7.89. The summed E-state index contributed by atoms with van der Waals surface area (Å²) in [7, 11) is -0.466. The fourth-order valence-corrected chi connectivity index (χ4v) is 4.47. The smallest absolute Gasteiger partial charge is 0.245 e. The fourth-order valence-electron chi connectivity index (χ4n) is 3.57. The number of sulfonamides is 1. The second kappa shape index (κ2) is 8.57. The summed E-state index contributed by atoms with van der Waals surface area (Å²) in [5.41, 5.74) is 1.85. The van der Waals surface area contributed by atoms with Gasteiger partial charge in [0.05, 0.1) is 17.8 Å². The first-order valence-electron chi connectivity index (χ1n) is 10.1. The summed E-state index contributed by atoms with van der Waals surface area (Å²) in [5.74, 6) is 1.36. The molecular formula is C20H26N6O3S. The van der Waals surface area contributed by atoms with Crippen molar-refractivity contribution in [1.82, 2.24) is 24.2 Å². The van der Waals surface area contributed by atoms with Gasteiger partial charge < -0.3 is 15.0 Å². The first kappa shape index (κ1) is 20.5. The van der Waals surface area contributed by atoms with Crippen molar-refractivity contribution in [2.45, 2.75) is 37.0 Å². The van der Waals surface area contributed by atoms with Crippen molar-refractivity contribution in [3.63, 3.8) is 0 Å². The lowest BCUT2D eigenvalue weighted by molar-refractivity contribution is 0.205. The molecule has 9 nitrogen and oxygen atoms in total. The third kappa shape index (κ3) is 4.39. The summed E-state index contributed by atoms with van der Waals surface area (Å²) in [6.45, 7) is 0.627. The number of ether oxygens (including phenoxy) is 1. The molecular weight excluding hydrogens is 404 g/mol. The van der Waals surface area contributed by atoms with E-state index in [0.717, 1.165) is 0 Å². The van der Waals surface area contributed by atoms with Gasteiger partial charge in [-0.15, -0.1) is 0 Å². The summed E-state index contributed by atoms with van der Waals surface area (Å²) in [5, 5.41) is 3.11. The number of nitrogens with zero attached hydrogens (tertiary/aromatic N) is 4. The van der Waals surface area contributed by atoms with Crippen LogP contribution in [0.1, 0.15) is 32.1 Å². The van der Waals surface area contributed by atoms with Gasteiger partial charge in [0.15, 0.2) is 5.65 Å². The number of aromatic amines is 1. The first-order valence-corrected chi connectivity index (χ1v) is 11.5. The monoisotopic (exact) mass is 430 g/mol. The number of aromatic nitrogens is 4. The van der Waals surface area contributed by atoms with E-state index in [4.69, 9.17) is 4.74 Å². The Labute approximate surface area is 176 Å². The molecule has 1 aliphatic rings. The van der Waals surface area contributed by atoms with Crippen LogP contribution < -0.4 is 10.1 Å². The molecule has 2 aromatic heterocycles. The SMILES string of the molecule is CN(C)S(=O)(=O)c1ccc(Nc2nc(OCC3CCCCC3)c3[nH]cnc3n2)cc1. The van der Waals surface area contributed by atoms with Gasteiger partial charge in [-0.1, -0.05) is 19.3 Å². The number of fused-ring (bicyclic) bond motifs is 1. The summed E-state index contributed by atoms with van der Waals surface area (Å²) in [6, 6.07) is 6.45. The molecule has 10 heteroatoms. The van der Waals surface area contributed by atoms with E-state index in [1.165, 1.54) is 50.5 Å². The Bertz CT molecular complexity index is 1110. The largest absolute Gasteiger partial charge is 0.476 e. The number of nitrogens with one attached hydrogen (secondary N) is 2. The van der Waals surface area contributed by atoms with Gasteiger partial charge in [0, 0.05) is 19.8 Å². The van der Waals surface area contributed by atoms with Crippen LogP contribution in [0, 0.1) is 5.92 Å². The van der Waals surface area contributed by atoms with Crippen LogP contribution in [-0.4, -0.2) is 53.4 Å². The van der Waals surface area contributed by atoms with Gasteiger partial charge in [0.2, 0.25) is 21.9 Å². The van der Waals surface area contributed by atoms with Crippen LogP contribution in [0.2, 0.25) is 0 Å². The standard InChI is InChI=1S/C20H26N6O3S/c1-26(2)30(27,28)16-10-8-15(9-11-16)23-20-24-18-17(21-13-22-18)19(25-20)29-12-14-6-4-3-5-7-14/h8-11,13-14H,3-7,12H2,1-2H3,(H2,21,22,23,24,25). The number of hydrogen-bond donors (Lipinski definition) is 2. The molecule has 30 heavy (non-hydrogen) atoms. The Balaban J connectivity index is 1.53. The van der Waals surface area contributed by atoms with Crippen molar-refractivity contribution in [3.05, 3.63) is 30.6 Å². The van der Waals surface area contributed by atoms with E-state index < -0.39 is 10.0 Å². The first-order chi connectivity index (χ1) is 14.4. The number of rotatable bonds is 7. The zero-order chi connectivity index (χ0) is 21.1. The molecule has 4 rings (SSSR count). The van der Waals surface area contributed by atoms with Crippen molar-refractivity contribution in [1.29, 1.82) is 0 Å². The molecule has 2 heterocycles. The highest BCUT2D eigenvalue weighted by Gasteiger charge is 2.18. The highest BCUT2D eigenvalue weighted by atomic mass is 32.2. The second-order valence-electron chi connectivity index (χ2n) is 7.71. The minimum Gasteiger partial charge on any atom is -0.476 e. The van der Waals surface area contributed by atoms with Crippen molar-refractivity contribution in [2.24, 2.45) is 5.92 Å². The fraction of sp³-hybridized carbons (Fsp3) is 0.450. The topological polar surface area (TPSA) is 113 Å². The summed E-state index contributed by atoms with van der Waals surface area (Å²) < 4.78 is 31.7. The van der Waals surface area contributed by atoms with Crippen molar-refractivity contribution >= 4 is 32.8 Å². The Hall–Kier alpha value is -2.72. The van der Waals surface area contributed by atoms with Crippen LogP contribution >= 0.6 is 0 Å². The van der Waals surface area contributed by atoms with Crippen LogP contribution in [0.3, 0.4) is 0 Å². The van der Waals surface area contributed by atoms with E-state index in [1.807, 2.05) is 0 Å². The zero-order valence-electron chi connectivity index (χ0n) is 17.1. The third-order valence-corrected chi connectivity index (χ3v) is 7.15. The van der Waals surface area contributed by atoms with Crippen molar-refractivity contribution in [3.8, 4) is 5.88 Å². The van der Waals surface area contributed by atoms with E-state index in [9.17, 15) is 8.42 Å².